The van der Waals surface area contributed by atoms with Gasteiger partial charge in [0, 0.05) is 0 Å². The second kappa shape index (κ2) is 36.4. The van der Waals surface area contributed by atoms with E-state index in [4.69, 9.17) is 62.7 Å². The highest BCUT2D eigenvalue weighted by Gasteiger charge is 1.98. The number of carbonyl (C=O) groups is 1. The average Bonchev–Trinajstić information content (AvgIpc) is 2.97. The van der Waals surface area contributed by atoms with Gasteiger partial charge in [0.05, 0.1) is 152 Å². The summed E-state index contributed by atoms with van der Waals surface area (Å²) in [5.41, 5.74) is 6.50. The molecule has 41 heavy (non-hydrogen) atoms. The molecule has 0 aliphatic heterocycles. The first-order chi connectivity index (χ1) is 20.3. The summed E-state index contributed by atoms with van der Waals surface area (Å²) in [7, 11) is 0. The van der Waals surface area contributed by atoms with Crippen molar-refractivity contribution in [3.8, 4) is 0 Å². The molecule has 0 aliphatic carbocycles. The number of nitrogens with one attached hydrogen (secondary N) is 1. The van der Waals surface area contributed by atoms with E-state index >= 15 is 0 Å². The molecule has 0 atom stereocenters. The molecule has 2 N–H and O–H groups in total. The van der Waals surface area contributed by atoms with Crippen molar-refractivity contribution in [3.05, 3.63) is 0 Å². The van der Waals surface area contributed by atoms with Crippen LogP contribution in [0.2, 0.25) is 0 Å². The molecular weight excluding hydrogens is 550 g/mol. The predicted molar refractivity (Wildman–Crippen MR) is 143 cm³/mol. The summed E-state index contributed by atoms with van der Waals surface area (Å²) in [5.74, 6) is -0.876. The zero-order chi connectivity index (χ0) is 29.7. The molecular formula is C25H50N3O13+. The number of aliphatic carboxylic acids is 1. The van der Waals surface area contributed by atoms with Crippen LogP contribution >= 0.6 is 0 Å². The zero-order valence-electron chi connectivity index (χ0n) is 24.2. The van der Waals surface area contributed by atoms with E-state index in [9.17, 15) is 4.79 Å². The lowest BCUT2D eigenvalue weighted by Crippen LogP contribution is -2.15. The Morgan fingerprint density at radius 1 is 0.439 bits per heavy atom. The van der Waals surface area contributed by atoms with E-state index in [1.165, 1.54) is 0 Å². The van der Waals surface area contributed by atoms with Crippen LogP contribution in [-0.4, -0.2) is 163 Å². The number of ether oxygens (including phenoxy) is 11. The largest absolute Gasteiger partial charge is 0.481 e. The van der Waals surface area contributed by atoms with Crippen LogP contribution in [0, 0.1) is 5.53 Å². The maximum Gasteiger partial charge on any atom is 0.305 e. The van der Waals surface area contributed by atoms with E-state index < -0.39 is 5.97 Å². The van der Waals surface area contributed by atoms with Gasteiger partial charge in [0.1, 0.15) is 17.2 Å². The third-order valence-electron chi connectivity index (χ3n) is 4.59. The molecule has 16 heteroatoms. The van der Waals surface area contributed by atoms with Gasteiger partial charge in [-0.2, -0.15) is 0 Å². The molecule has 0 rings (SSSR count). The maximum atomic E-state index is 10.3. The third-order valence-corrected chi connectivity index (χ3v) is 4.59. The van der Waals surface area contributed by atoms with Gasteiger partial charge in [-0.1, -0.05) is 0 Å². The summed E-state index contributed by atoms with van der Waals surface area (Å²) in [6.07, 6.45) is -0.00368. The first-order valence-electron chi connectivity index (χ1n) is 13.9. The topological polar surface area (TPSA) is 189 Å². The molecule has 0 radical (unpaired) electrons. The Morgan fingerprint density at radius 3 is 0.878 bits per heavy atom. The highest BCUT2D eigenvalue weighted by molar-refractivity contribution is 5.66. The highest BCUT2D eigenvalue weighted by atomic mass is 16.6. The number of hydrogen-bond donors (Lipinski definition) is 2. The van der Waals surface area contributed by atoms with Gasteiger partial charge in [-0.15, -0.1) is 0 Å². The Labute approximate surface area is 242 Å². The van der Waals surface area contributed by atoms with E-state index in [2.05, 4.69) is 10.0 Å². The van der Waals surface area contributed by atoms with Crippen LogP contribution in [0.4, 0.5) is 0 Å². The molecule has 0 fully saturated rings. The minimum atomic E-state index is -0.876. The molecule has 0 heterocycles. The third kappa shape index (κ3) is 38.3. The molecule has 0 aromatic carbocycles. The fourth-order valence-corrected chi connectivity index (χ4v) is 2.62. The number of hydrogen-bond acceptors (Lipinski definition) is 14. The molecule has 0 saturated heterocycles. The summed E-state index contributed by atoms with van der Waals surface area (Å²) in [5, 5.41) is 11.9. The van der Waals surface area contributed by atoms with Crippen molar-refractivity contribution in [2.75, 3.05) is 152 Å². The molecule has 0 bridgehead atoms. The van der Waals surface area contributed by atoms with Gasteiger partial charge in [-0.3, -0.25) is 4.79 Å². The number of rotatable bonds is 36. The van der Waals surface area contributed by atoms with Crippen molar-refractivity contribution in [3.63, 3.8) is 0 Å². The number of nitrogens with zero attached hydrogens (tertiary/aromatic N) is 2. The van der Waals surface area contributed by atoms with Crippen molar-refractivity contribution in [2.24, 2.45) is 5.11 Å². The molecule has 0 aromatic rings. The Kier molecular flexibility index (Phi) is 34.9. The molecule has 0 aliphatic rings. The van der Waals surface area contributed by atoms with Crippen LogP contribution in [0.25, 0.3) is 0 Å². The Balaban J connectivity index is 3.04. The molecule has 0 spiro atoms. The van der Waals surface area contributed by atoms with Crippen LogP contribution in [0.5, 0.6) is 0 Å². The van der Waals surface area contributed by atoms with Crippen molar-refractivity contribution >= 4 is 5.97 Å². The van der Waals surface area contributed by atoms with Gasteiger partial charge in [0.2, 0.25) is 4.91 Å². The fraction of sp³-hybridized carbons (Fsp3) is 0.960. The van der Waals surface area contributed by atoms with Gasteiger partial charge in [-0.25, -0.2) is 0 Å². The fourth-order valence-electron chi connectivity index (χ4n) is 2.62. The Morgan fingerprint density at radius 2 is 0.659 bits per heavy atom. The van der Waals surface area contributed by atoms with E-state index in [1.807, 2.05) is 0 Å². The lowest BCUT2D eigenvalue weighted by molar-refractivity contribution is -0.138. The monoisotopic (exact) mass is 600 g/mol. The summed E-state index contributed by atoms with van der Waals surface area (Å²) in [4.78, 5) is 13.2. The number of carboxylic acid groups (broad SMARTS) is 1. The van der Waals surface area contributed by atoms with Crippen molar-refractivity contribution in [1.29, 1.82) is 5.53 Å². The van der Waals surface area contributed by atoms with E-state index in [-0.39, 0.29) is 13.0 Å². The van der Waals surface area contributed by atoms with Crippen LogP contribution in [0.1, 0.15) is 6.42 Å². The van der Waals surface area contributed by atoms with Crippen LogP contribution in [0.15, 0.2) is 5.11 Å². The molecule has 0 unspecified atom stereocenters. The Hall–Kier alpha value is -1.66. The van der Waals surface area contributed by atoms with Gasteiger partial charge >= 0.3 is 5.97 Å². The van der Waals surface area contributed by atoms with Crippen molar-refractivity contribution in [2.45, 2.75) is 6.42 Å². The van der Waals surface area contributed by atoms with Gasteiger partial charge in [0.25, 0.3) is 0 Å². The minimum Gasteiger partial charge on any atom is -0.481 e. The molecule has 0 amide bonds. The maximum absolute atomic E-state index is 10.3. The SMILES string of the molecule is N=[N+]=NCCOCCOCCOCCOCCOCCOCCOCCOCCOCCOCCOCCC(=O)O. The molecule has 242 valence electrons. The second-order valence-electron chi connectivity index (χ2n) is 7.84. The lowest BCUT2D eigenvalue weighted by Gasteiger charge is -2.09. The van der Waals surface area contributed by atoms with Crippen LogP contribution in [-0.2, 0) is 56.9 Å². The second-order valence-corrected chi connectivity index (χ2v) is 7.84. The lowest BCUT2D eigenvalue weighted by atomic mass is 10.5. The summed E-state index contributed by atoms with van der Waals surface area (Å²) < 4.78 is 59.0. The predicted octanol–water partition coefficient (Wildman–Crippen LogP) is 0.194. The summed E-state index contributed by atoms with van der Waals surface area (Å²) in [6.45, 7) is 10.4. The highest BCUT2D eigenvalue weighted by Crippen LogP contribution is 1.87. The smallest absolute Gasteiger partial charge is 0.305 e. The van der Waals surface area contributed by atoms with Gasteiger partial charge in [0.15, 0.2) is 0 Å². The summed E-state index contributed by atoms with van der Waals surface area (Å²) >= 11 is 0. The summed E-state index contributed by atoms with van der Waals surface area (Å²) in [6, 6.07) is 0. The van der Waals surface area contributed by atoms with Gasteiger partial charge in [-0.05, 0) is 0 Å². The zero-order valence-corrected chi connectivity index (χ0v) is 24.2. The molecule has 0 aromatic heterocycles. The normalized spacial score (nSPS) is 11.1. The quantitative estimate of drug-likeness (QED) is 0.0564. The van der Waals surface area contributed by atoms with Crippen molar-refractivity contribution < 1.29 is 62.0 Å². The first kappa shape index (κ1) is 39.3. The van der Waals surface area contributed by atoms with Crippen LogP contribution < -0.4 is 4.91 Å². The molecule has 16 nitrogen and oxygen atoms in total. The minimum absolute atomic E-state index is 0.00368. The van der Waals surface area contributed by atoms with E-state index in [0.29, 0.717) is 145 Å². The van der Waals surface area contributed by atoms with Crippen LogP contribution in [0.3, 0.4) is 0 Å². The first-order valence-corrected chi connectivity index (χ1v) is 13.9. The van der Waals surface area contributed by atoms with E-state index in [0.717, 1.165) is 0 Å². The average molecular weight is 601 g/mol. The van der Waals surface area contributed by atoms with Crippen molar-refractivity contribution in [1.82, 2.24) is 4.91 Å². The Bertz CT molecular complexity index is 553. The standard InChI is InChI=1S/C25H49N3O13/c26-28-27-2-4-32-6-8-34-10-12-36-14-16-38-18-20-40-22-24-41-23-21-39-19-17-37-15-13-35-11-9-33-7-5-31-3-1-25(29)30/h26H,1-24H2/p+1. The number of carboxylic acids is 1. The van der Waals surface area contributed by atoms with Gasteiger partial charge < -0.3 is 57.2 Å². The molecule has 0 saturated carbocycles. The van der Waals surface area contributed by atoms with E-state index in [1.54, 1.807) is 0 Å².